The fourth-order valence-electron chi connectivity index (χ4n) is 0.986. The monoisotopic (exact) mass is 204 g/mol. The Morgan fingerprint density at radius 3 is 2.00 bits per heavy atom. The van der Waals surface area contributed by atoms with E-state index in [1.165, 1.54) is 13.8 Å². The molecule has 0 saturated heterocycles. The van der Waals surface area contributed by atoms with E-state index in [1.807, 2.05) is 0 Å². The van der Waals surface area contributed by atoms with E-state index in [9.17, 15) is 15.0 Å². The van der Waals surface area contributed by atoms with Gasteiger partial charge in [-0.2, -0.15) is 0 Å². The molecule has 3 atom stereocenters. The number of carboxylic acids is 1. The van der Waals surface area contributed by atoms with Crippen molar-refractivity contribution in [2.75, 3.05) is 0 Å². The topological polar surface area (TPSA) is 77.8 Å². The lowest BCUT2D eigenvalue weighted by molar-refractivity contribution is -0.154. The minimum Gasteiger partial charge on any atom is -0.481 e. The van der Waals surface area contributed by atoms with Gasteiger partial charge in [0.1, 0.15) is 0 Å². The van der Waals surface area contributed by atoms with Gasteiger partial charge in [0.2, 0.25) is 0 Å². The van der Waals surface area contributed by atoms with Crippen LogP contribution in [0.25, 0.3) is 0 Å². The Kier molecular flexibility index (Phi) is 4.55. The first-order valence-corrected chi connectivity index (χ1v) is 4.79. The molecule has 0 bridgehead atoms. The summed E-state index contributed by atoms with van der Waals surface area (Å²) in [6.07, 6.45) is -1.18. The smallest absolute Gasteiger partial charge is 0.311 e. The predicted octanol–water partition coefficient (Wildman–Crippen LogP) is 0.865. The fraction of sp³-hybridized carbons (Fsp3) is 0.900. The molecule has 4 heteroatoms. The third-order valence-corrected chi connectivity index (χ3v) is 2.80. The highest BCUT2D eigenvalue weighted by molar-refractivity contribution is 5.74. The van der Waals surface area contributed by atoms with E-state index in [-0.39, 0.29) is 12.3 Å². The van der Waals surface area contributed by atoms with Crippen LogP contribution in [-0.2, 0) is 4.79 Å². The van der Waals surface area contributed by atoms with E-state index < -0.39 is 23.6 Å². The Labute approximate surface area is 84.6 Å². The van der Waals surface area contributed by atoms with Crippen LogP contribution in [0.3, 0.4) is 0 Å². The summed E-state index contributed by atoms with van der Waals surface area (Å²) in [4.78, 5) is 10.8. The second-order valence-electron chi connectivity index (χ2n) is 4.50. The Bertz CT molecular complexity index is 198. The van der Waals surface area contributed by atoms with Crippen molar-refractivity contribution in [3.05, 3.63) is 0 Å². The molecule has 0 aliphatic carbocycles. The second-order valence-corrected chi connectivity index (χ2v) is 4.50. The molecule has 0 aliphatic rings. The van der Waals surface area contributed by atoms with Crippen LogP contribution < -0.4 is 0 Å². The van der Waals surface area contributed by atoms with Crippen molar-refractivity contribution in [1.82, 2.24) is 0 Å². The zero-order valence-electron chi connectivity index (χ0n) is 9.19. The molecule has 84 valence electrons. The van der Waals surface area contributed by atoms with Crippen LogP contribution in [0.2, 0.25) is 0 Å². The molecule has 0 amide bonds. The summed E-state index contributed by atoms with van der Waals surface area (Å²) in [6, 6.07) is 0. The minimum absolute atomic E-state index is 0.108. The molecule has 0 aromatic heterocycles. The molecular formula is C10H20O4. The van der Waals surface area contributed by atoms with Gasteiger partial charge in [-0.05, 0) is 33.1 Å². The molecule has 0 spiro atoms. The summed E-state index contributed by atoms with van der Waals surface area (Å²) < 4.78 is 0. The maximum Gasteiger partial charge on any atom is 0.311 e. The van der Waals surface area contributed by atoms with Gasteiger partial charge >= 0.3 is 5.97 Å². The van der Waals surface area contributed by atoms with Crippen molar-refractivity contribution in [2.45, 2.75) is 46.3 Å². The lowest BCUT2D eigenvalue weighted by Crippen LogP contribution is -2.39. The van der Waals surface area contributed by atoms with Crippen molar-refractivity contribution < 1.29 is 20.1 Å². The van der Waals surface area contributed by atoms with Gasteiger partial charge in [-0.1, -0.05) is 6.92 Å². The van der Waals surface area contributed by atoms with Crippen LogP contribution in [0.15, 0.2) is 0 Å². The van der Waals surface area contributed by atoms with Gasteiger partial charge in [0.25, 0.3) is 0 Å². The molecule has 14 heavy (non-hydrogen) atoms. The van der Waals surface area contributed by atoms with E-state index in [1.54, 1.807) is 13.8 Å². The maximum atomic E-state index is 10.8. The summed E-state index contributed by atoms with van der Waals surface area (Å²) in [7, 11) is 0. The van der Waals surface area contributed by atoms with Crippen molar-refractivity contribution >= 4 is 5.97 Å². The number of hydrogen-bond donors (Lipinski definition) is 3. The Hall–Kier alpha value is -0.610. The quantitative estimate of drug-likeness (QED) is 0.621. The molecule has 0 aromatic rings. The summed E-state index contributed by atoms with van der Waals surface area (Å²) in [6.45, 7) is 6.38. The zero-order chi connectivity index (χ0) is 11.5. The van der Waals surface area contributed by atoms with Crippen LogP contribution in [-0.4, -0.2) is 33.5 Å². The van der Waals surface area contributed by atoms with Crippen molar-refractivity contribution in [2.24, 2.45) is 11.3 Å². The van der Waals surface area contributed by atoms with Gasteiger partial charge in [-0.25, -0.2) is 0 Å². The highest BCUT2D eigenvalue weighted by Gasteiger charge is 2.36. The normalized spacial score (nSPS) is 18.7. The fourth-order valence-corrected chi connectivity index (χ4v) is 0.986. The molecule has 0 saturated carbocycles. The summed E-state index contributed by atoms with van der Waals surface area (Å²) in [5.74, 6) is -1.13. The molecule has 0 rings (SSSR count). The molecule has 3 unspecified atom stereocenters. The van der Waals surface area contributed by atoms with Crippen LogP contribution in [0.4, 0.5) is 0 Å². The van der Waals surface area contributed by atoms with Gasteiger partial charge in [0, 0.05) is 0 Å². The maximum absolute atomic E-state index is 10.8. The zero-order valence-corrected chi connectivity index (χ0v) is 9.19. The average Bonchev–Trinajstić information content (AvgIpc) is 2.03. The largest absolute Gasteiger partial charge is 0.481 e. The van der Waals surface area contributed by atoms with Crippen molar-refractivity contribution in [3.63, 3.8) is 0 Å². The van der Waals surface area contributed by atoms with Gasteiger partial charge in [-0.3, -0.25) is 4.79 Å². The minimum atomic E-state index is -1.16. The molecular weight excluding hydrogens is 184 g/mol. The number of carboxylic acid groups (broad SMARTS) is 1. The Balaban J connectivity index is 4.34. The first-order valence-electron chi connectivity index (χ1n) is 4.79. The number of carbonyl (C=O) groups is 1. The van der Waals surface area contributed by atoms with Crippen LogP contribution in [0, 0.1) is 11.3 Å². The van der Waals surface area contributed by atoms with Crippen LogP contribution >= 0.6 is 0 Å². The summed E-state index contributed by atoms with van der Waals surface area (Å²) in [5.41, 5.74) is -1.16. The first-order chi connectivity index (χ1) is 6.19. The van der Waals surface area contributed by atoms with Gasteiger partial charge in [0.05, 0.1) is 17.6 Å². The third-order valence-electron chi connectivity index (χ3n) is 2.80. The van der Waals surface area contributed by atoms with E-state index >= 15 is 0 Å². The first kappa shape index (κ1) is 13.4. The highest BCUT2D eigenvalue weighted by atomic mass is 16.4. The van der Waals surface area contributed by atoms with E-state index in [2.05, 4.69) is 0 Å². The lowest BCUT2D eigenvalue weighted by Gasteiger charge is -2.28. The summed E-state index contributed by atoms with van der Waals surface area (Å²) in [5, 5.41) is 27.7. The molecule has 0 heterocycles. The van der Waals surface area contributed by atoms with Crippen molar-refractivity contribution in [3.8, 4) is 0 Å². The predicted molar refractivity (Wildman–Crippen MR) is 52.9 cm³/mol. The van der Waals surface area contributed by atoms with Crippen molar-refractivity contribution in [1.29, 1.82) is 0 Å². The average molecular weight is 204 g/mol. The Morgan fingerprint density at radius 1 is 1.29 bits per heavy atom. The second kappa shape index (κ2) is 4.75. The lowest BCUT2D eigenvalue weighted by atomic mass is 9.81. The molecule has 0 aliphatic heterocycles. The number of aliphatic hydroxyl groups is 2. The highest BCUT2D eigenvalue weighted by Crippen LogP contribution is 2.26. The molecule has 0 radical (unpaired) electrons. The molecule has 4 nitrogen and oxygen atoms in total. The van der Waals surface area contributed by atoms with Crippen LogP contribution in [0.1, 0.15) is 34.1 Å². The Morgan fingerprint density at radius 2 is 1.71 bits per heavy atom. The van der Waals surface area contributed by atoms with Crippen LogP contribution in [0.5, 0.6) is 0 Å². The number of rotatable bonds is 5. The number of aliphatic carboxylic acids is 1. The van der Waals surface area contributed by atoms with Gasteiger partial charge in [-0.15, -0.1) is 0 Å². The van der Waals surface area contributed by atoms with Gasteiger partial charge in [0.15, 0.2) is 0 Å². The standard InChI is InChI=1S/C10H20O4/c1-6(7(2)11)5-8(12)10(3,4)9(13)14/h6-8,11-12H,5H2,1-4H3,(H,13,14). The van der Waals surface area contributed by atoms with Gasteiger partial charge < -0.3 is 15.3 Å². The van der Waals surface area contributed by atoms with E-state index in [0.717, 1.165) is 0 Å². The third kappa shape index (κ3) is 3.27. The van der Waals surface area contributed by atoms with E-state index in [0.29, 0.717) is 0 Å². The SMILES string of the molecule is CC(O)C(C)CC(O)C(C)(C)C(=O)O. The summed E-state index contributed by atoms with van der Waals surface area (Å²) >= 11 is 0. The molecule has 0 aromatic carbocycles. The molecule has 3 N–H and O–H groups in total. The molecule has 0 fully saturated rings. The number of hydrogen-bond acceptors (Lipinski definition) is 3. The van der Waals surface area contributed by atoms with E-state index in [4.69, 9.17) is 5.11 Å². The number of aliphatic hydroxyl groups excluding tert-OH is 2.